The second-order valence-electron chi connectivity index (χ2n) is 8.65. The molecule has 5 aromatic rings. The SMILES string of the molecule is CCc1nc2cccc(C#Cc3cnn(C)c3)c2c(=O)n1C1CC1.NC(=O)c1c(N)nn2cccnc12. The van der Waals surface area contributed by atoms with Gasteiger partial charge in [-0.1, -0.05) is 24.8 Å². The minimum Gasteiger partial charge on any atom is -0.381 e. The molecule has 4 heterocycles. The Morgan fingerprint density at radius 3 is 2.70 bits per heavy atom. The molecule has 0 saturated heterocycles. The van der Waals surface area contributed by atoms with Crippen LogP contribution in [0.2, 0.25) is 0 Å². The molecule has 1 aromatic carbocycles. The van der Waals surface area contributed by atoms with E-state index in [1.54, 1.807) is 29.3 Å². The highest BCUT2D eigenvalue weighted by Gasteiger charge is 2.28. The minimum absolute atomic E-state index is 0.0374. The number of carbonyl (C=O) groups excluding carboxylic acids is 1. The Bertz CT molecular complexity index is 1760. The fraction of sp³-hybridized carbons (Fsp3) is 0.231. The van der Waals surface area contributed by atoms with Crippen molar-refractivity contribution >= 4 is 28.3 Å². The number of anilines is 1. The van der Waals surface area contributed by atoms with Crippen molar-refractivity contribution in [1.29, 1.82) is 0 Å². The van der Waals surface area contributed by atoms with Gasteiger partial charge in [-0.05, 0) is 31.0 Å². The highest BCUT2D eigenvalue weighted by atomic mass is 16.1. The molecule has 0 atom stereocenters. The lowest BCUT2D eigenvalue weighted by molar-refractivity contribution is 0.100. The zero-order valence-corrected chi connectivity index (χ0v) is 20.4. The molecule has 1 fully saturated rings. The third kappa shape index (κ3) is 4.64. The summed E-state index contributed by atoms with van der Waals surface area (Å²) in [6.45, 7) is 2.04. The number of carbonyl (C=O) groups is 1. The van der Waals surface area contributed by atoms with Gasteiger partial charge in [0.1, 0.15) is 11.4 Å². The molecule has 186 valence electrons. The van der Waals surface area contributed by atoms with Crippen LogP contribution in [0, 0.1) is 11.8 Å². The van der Waals surface area contributed by atoms with Crippen LogP contribution in [-0.4, -0.2) is 39.8 Å². The van der Waals surface area contributed by atoms with Crippen molar-refractivity contribution in [2.45, 2.75) is 32.2 Å². The zero-order chi connectivity index (χ0) is 26.1. The molecule has 4 N–H and O–H groups in total. The van der Waals surface area contributed by atoms with Crippen molar-refractivity contribution in [1.82, 2.24) is 33.9 Å². The fourth-order valence-electron chi connectivity index (χ4n) is 4.12. The van der Waals surface area contributed by atoms with Gasteiger partial charge >= 0.3 is 0 Å². The number of nitrogens with two attached hydrogens (primary N) is 2. The largest absolute Gasteiger partial charge is 0.381 e. The molecule has 1 saturated carbocycles. The summed E-state index contributed by atoms with van der Waals surface area (Å²) in [6, 6.07) is 7.68. The van der Waals surface area contributed by atoms with Gasteiger partial charge in [0.25, 0.3) is 11.5 Å². The third-order valence-electron chi connectivity index (χ3n) is 5.95. The Hall–Kier alpha value is -4.98. The van der Waals surface area contributed by atoms with Gasteiger partial charge in [0.05, 0.1) is 22.7 Å². The first-order valence-corrected chi connectivity index (χ1v) is 11.8. The molecular formula is C26H25N9O2. The number of hydrogen-bond donors (Lipinski definition) is 2. The molecular weight excluding hydrogens is 470 g/mol. The van der Waals surface area contributed by atoms with Gasteiger partial charge in [0.2, 0.25) is 0 Å². The van der Waals surface area contributed by atoms with E-state index >= 15 is 0 Å². The zero-order valence-electron chi connectivity index (χ0n) is 20.4. The molecule has 37 heavy (non-hydrogen) atoms. The topological polar surface area (TPSA) is 152 Å². The van der Waals surface area contributed by atoms with Crippen LogP contribution in [0.1, 0.15) is 53.1 Å². The van der Waals surface area contributed by atoms with Crippen LogP contribution in [0.15, 0.2) is 53.8 Å². The number of nitrogens with zero attached hydrogens (tertiary/aromatic N) is 7. The number of aromatic nitrogens is 7. The summed E-state index contributed by atoms with van der Waals surface area (Å²) in [5, 5.41) is 8.60. The molecule has 0 unspecified atom stereocenters. The number of hydrogen-bond acceptors (Lipinski definition) is 7. The van der Waals surface area contributed by atoms with E-state index in [1.807, 2.05) is 42.9 Å². The Labute approximate surface area is 211 Å². The maximum Gasteiger partial charge on any atom is 0.262 e. The van der Waals surface area contributed by atoms with Crippen LogP contribution in [0.25, 0.3) is 16.6 Å². The van der Waals surface area contributed by atoms with E-state index in [0.29, 0.717) is 17.1 Å². The Kier molecular flexibility index (Phi) is 6.15. The monoisotopic (exact) mass is 495 g/mol. The molecule has 6 rings (SSSR count). The highest BCUT2D eigenvalue weighted by Crippen LogP contribution is 2.35. The van der Waals surface area contributed by atoms with Gasteiger partial charge in [0, 0.05) is 43.7 Å². The van der Waals surface area contributed by atoms with Crippen molar-refractivity contribution in [2.75, 3.05) is 5.73 Å². The summed E-state index contributed by atoms with van der Waals surface area (Å²) in [5.74, 6) is 6.56. The lowest BCUT2D eigenvalue weighted by Crippen LogP contribution is -2.25. The summed E-state index contributed by atoms with van der Waals surface area (Å²) in [4.78, 5) is 32.7. The van der Waals surface area contributed by atoms with E-state index in [4.69, 9.17) is 16.5 Å². The number of nitrogen functional groups attached to an aromatic ring is 1. The van der Waals surface area contributed by atoms with Gasteiger partial charge < -0.3 is 11.5 Å². The van der Waals surface area contributed by atoms with E-state index in [9.17, 15) is 9.59 Å². The van der Waals surface area contributed by atoms with E-state index in [1.165, 1.54) is 4.52 Å². The van der Waals surface area contributed by atoms with Crippen LogP contribution < -0.4 is 17.0 Å². The minimum atomic E-state index is -0.619. The summed E-state index contributed by atoms with van der Waals surface area (Å²) < 4.78 is 5.00. The molecule has 0 radical (unpaired) electrons. The molecule has 0 bridgehead atoms. The van der Waals surface area contributed by atoms with Crippen molar-refractivity contribution in [3.63, 3.8) is 0 Å². The predicted molar refractivity (Wildman–Crippen MR) is 139 cm³/mol. The fourth-order valence-corrected chi connectivity index (χ4v) is 4.12. The molecule has 11 nitrogen and oxygen atoms in total. The lowest BCUT2D eigenvalue weighted by Gasteiger charge is -2.12. The van der Waals surface area contributed by atoms with E-state index < -0.39 is 5.91 Å². The van der Waals surface area contributed by atoms with Crippen molar-refractivity contribution in [2.24, 2.45) is 12.8 Å². The summed E-state index contributed by atoms with van der Waals surface area (Å²) in [6.07, 6.45) is 9.64. The lowest BCUT2D eigenvalue weighted by atomic mass is 10.1. The number of rotatable bonds is 3. The molecule has 1 aliphatic carbocycles. The van der Waals surface area contributed by atoms with Gasteiger partial charge in [-0.3, -0.25) is 18.8 Å². The summed E-state index contributed by atoms with van der Waals surface area (Å²) >= 11 is 0. The standard InChI is InChI=1S/C19H18N4O.C7H7N5O/c1-3-17-21-16-6-4-5-14(8-7-13-11-20-22(2)12-13)18(16)19(24)23(17)15-9-10-15;8-5-4(6(9)13)7-10-2-1-3-12(7)11-5/h4-6,11-12,15H,3,9-10H2,1-2H3;1-3H,(H2,8,11)(H2,9,13). The second kappa shape index (κ2) is 9.58. The smallest absolute Gasteiger partial charge is 0.262 e. The first-order chi connectivity index (χ1) is 17.9. The van der Waals surface area contributed by atoms with E-state index in [0.717, 1.165) is 41.7 Å². The number of amides is 1. The summed E-state index contributed by atoms with van der Waals surface area (Å²) in [7, 11) is 1.85. The van der Waals surface area contributed by atoms with Crippen molar-refractivity contribution < 1.29 is 4.79 Å². The van der Waals surface area contributed by atoms with Crippen LogP contribution in [0.5, 0.6) is 0 Å². The number of aryl methyl sites for hydroxylation is 2. The second-order valence-corrected chi connectivity index (χ2v) is 8.65. The quantitative estimate of drug-likeness (QED) is 0.362. The maximum absolute atomic E-state index is 13.1. The normalized spacial score (nSPS) is 12.6. The Balaban J connectivity index is 0.000000182. The number of fused-ring (bicyclic) bond motifs is 2. The van der Waals surface area contributed by atoms with Crippen molar-refractivity contribution in [3.05, 3.63) is 81.9 Å². The maximum atomic E-state index is 13.1. The first kappa shape index (κ1) is 23.7. The van der Waals surface area contributed by atoms with Crippen LogP contribution in [-0.2, 0) is 13.5 Å². The predicted octanol–water partition coefficient (Wildman–Crippen LogP) is 1.84. The van der Waals surface area contributed by atoms with Crippen molar-refractivity contribution in [3.8, 4) is 11.8 Å². The van der Waals surface area contributed by atoms with Gasteiger partial charge in [-0.15, -0.1) is 5.10 Å². The average molecular weight is 496 g/mol. The third-order valence-corrected chi connectivity index (χ3v) is 5.95. The van der Waals surface area contributed by atoms with Crippen LogP contribution in [0.4, 0.5) is 5.82 Å². The van der Waals surface area contributed by atoms with Gasteiger partial charge in [-0.25, -0.2) is 14.5 Å². The number of benzene rings is 1. The Morgan fingerprint density at radius 2 is 2.03 bits per heavy atom. The van der Waals surface area contributed by atoms with E-state index in [2.05, 4.69) is 27.0 Å². The molecule has 11 heteroatoms. The highest BCUT2D eigenvalue weighted by molar-refractivity contribution is 6.03. The summed E-state index contributed by atoms with van der Waals surface area (Å²) in [5.41, 5.74) is 13.5. The molecule has 1 aliphatic rings. The molecule has 0 aliphatic heterocycles. The van der Waals surface area contributed by atoms with Crippen LogP contribution in [0.3, 0.4) is 0 Å². The number of primary amides is 1. The Morgan fingerprint density at radius 1 is 1.22 bits per heavy atom. The molecule has 1 amide bonds. The first-order valence-electron chi connectivity index (χ1n) is 11.8. The average Bonchev–Trinajstić information content (AvgIpc) is 3.53. The molecule has 0 spiro atoms. The molecule has 4 aromatic heterocycles. The van der Waals surface area contributed by atoms with Crippen LogP contribution >= 0.6 is 0 Å². The van der Waals surface area contributed by atoms with Gasteiger partial charge in [0.15, 0.2) is 11.5 Å². The van der Waals surface area contributed by atoms with Gasteiger partial charge in [-0.2, -0.15) is 5.10 Å². The van der Waals surface area contributed by atoms with E-state index in [-0.39, 0.29) is 16.9 Å².